The molecule has 0 aliphatic carbocycles. The van der Waals surface area contributed by atoms with Crippen molar-refractivity contribution in [2.45, 2.75) is 33.1 Å². The number of nitrogens with zero attached hydrogens (tertiary/aromatic N) is 1. The number of nitrogens with two attached hydrogens (primary N) is 1. The van der Waals surface area contributed by atoms with E-state index in [0.717, 1.165) is 32.7 Å². The molecule has 0 amide bonds. The second kappa shape index (κ2) is 8.08. The van der Waals surface area contributed by atoms with E-state index in [4.69, 9.17) is 10.5 Å². The van der Waals surface area contributed by atoms with E-state index in [1.54, 1.807) is 7.11 Å². The van der Waals surface area contributed by atoms with Gasteiger partial charge in [-0.25, -0.2) is 0 Å². The average Bonchev–Trinajstić information content (AvgIpc) is 2.18. The van der Waals surface area contributed by atoms with Gasteiger partial charge < -0.3 is 15.4 Å². The van der Waals surface area contributed by atoms with Gasteiger partial charge in [0, 0.05) is 20.3 Å². The van der Waals surface area contributed by atoms with E-state index in [9.17, 15) is 0 Å². The Morgan fingerprint density at radius 1 is 1.20 bits per heavy atom. The lowest BCUT2D eigenvalue weighted by Gasteiger charge is -2.24. The third kappa shape index (κ3) is 8.85. The van der Waals surface area contributed by atoms with Crippen molar-refractivity contribution in [2.75, 3.05) is 40.4 Å². The summed E-state index contributed by atoms with van der Waals surface area (Å²) in [6.07, 6.45) is 3.55. The van der Waals surface area contributed by atoms with Gasteiger partial charge in [-0.15, -0.1) is 0 Å². The summed E-state index contributed by atoms with van der Waals surface area (Å²) in [7, 11) is 3.93. The Labute approximate surface area is 95.0 Å². The van der Waals surface area contributed by atoms with Gasteiger partial charge in [-0.3, -0.25) is 0 Å². The smallest absolute Gasteiger partial charge is 0.0474 e. The van der Waals surface area contributed by atoms with Crippen molar-refractivity contribution >= 4 is 0 Å². The van der Waals surface area contributed by atoms with Crippen LogP contribution in [0, 0.1) is 5.41 Å². The predicted octanol–water partition coefficient (Wildman–Crippen LogP) is 1.72. The minimum absolute atomic E-state index is 0.299. The molecule has 0 spiro atoms. The maximum Gasteiger partial charge on any atom is 0.0474 e. The zero-order valence-electron chi connectivity index (χ0n) is 10.9. The molecule has 0 atom stereocenters. The summed E-state index contributed by atoms with van der Waals surface area (Å²) in [6.45, 7) is 8.39. The van der Waals surface area contributed by atoms with Crippen molar-refractivity contribution in [1.29, 1.82) is 0 Å². The van der Waals surface area contributed by atoms with Crippen molar-refractivity contribution in [3.8, 4) is 0 Å². The van der Waals surface area contributed by atoms with Gasteiger partial charge >= 0.3 is 0 Å². The maximum atomic E-state index is 5.69. The quantitative estimate of drug-likeness (QED) is 0.596. The van der Waals surface area contributed by atoms with Gasteiger partial charge in [-0.2, -0.15) is 0 Å². The molecular formula is C12H28N2O. The van der Waals surface area contributed by atoms with Crippen molar-refractivity contribution in [2.24, 2.45) is 11.1 Å². The van der Waals surface area contributed by atoms with Crippen LogP contribution < -0.4 is 5.73 Å². The molecule has 15 heavy (non-hydrogen) atoms. The molecule has 0 aromatic carbocycles. The van der Waals surface area contributed by atoms with E-state index in [2.05, 4.69) is 25.8 Å². The molecule has 0 unspecified atom stereocenters. The lowest BCUT2D eigenvalue weighted by atomic mass is 9.88. The Kier molecular flexibility index (Phi) is 8.02. The molecule has 3 nitrogen and oxygen atoms in total. The first-order chi connectivity index (χ1) is 7.02. The molecule has 0 rings (SSSR count). The van der Waals surface area contributed by atoms with Crippen LogP contribution >= 0.6 is 0 Å². The van der Waals surface area contributed by atoms with Gasteiger partial charge in [-0.1, -0.05) is 13.8 Å². The van der Waals surface area contributed by atoms with Crippen LogP contribution in [0.2, 0.25) is 0 Å². The lowest BCUT2D eigenvalue weighted by Crippen LogP contribution is -2.27. The topological polar surface area (TPSA) is 38.5 Å². The van der Waals surface area contributed by atoms with Crippen LogP contribution in [0.5, 0.6) is 0 Å². The standard InChI is InChI=1S/C12H28N2O/c1-12(2,11-13)7-5-8-14(3)9-6-10-15-4/h5-11,13H2,1-4H3. The Morgan fingerprint density at radius 2 is 1.80 bits per heavy atom. The summed E-state index contributed by atoms with van der Waals surface area (Å²) in [5.41, 5.74) is 5.99. The largest absolute Gasteiger partial charge is 0.385 e. The minimum atomic E-state index is 0.299. The maximum absolute atomic E-state index is 5.69. The summed E-state index contributed by atoms with van der Waals surface area (Å²) >= 11 is 0. The normalized spacial score (nSPS) is 12.4. The molecule has 0 radical (unpaired) electrons. The van der Waals surface area contributed by atoms with Crippen LogP contribution in [-0.4, -0.2) is 45.3 Å². The summed E-state index contributed by atoms with van der Waals surface area (Å²) in [6, 6.07) is 0. The molecule has 0 saturated carbocycles. The van der Waals surface area contributed by atoms with Crippen LogP contribution in [0.3, 0.4) is 0 Å². The number of hydrogen-bond acceptors (Lipinski definition) is 3. The molecule has 2 N–H and O–H groups in total. The van der Waals surface area contributed by atoms with Gasteiger partial charge in [-0.05, 0) is 44.8 Å². The molecule has 92 valence electrons. The summed E-state index contributed by atoms with van der Waals surface area (Å²) in [5, 5.41) is 0. The fourth-order valence-electron chi connectivity index (χ4n) is 1.52. The first kappa shape index (κ1) is 14.9. The van der Waals surface area contributed by atoms with Gasteiger partial charge in [0.15, 0.2) is 0 Å². The second-order valence-corrected chi connectivity index (χ2v) is 5.12. The van der Waals surface area contributed by atoms with Crippen molar-refractivity contribution in [1.82, 2.24) is 4.90 Å². The van der Waals surface area contributed by atoms with E-state index in [1.807, 2.05) is 0 Å². The monoisotopic (exact) mass is 216 g/mol. The Balaban J connectivity index is 3.42. The molecular weight excluding hydrogens is 188 g/mol. The highest BCUT2D eigenvalue weighted by atomic mass is 16.5. The Hall–Kier alpha value is -0.120. The van der Waals surface area contributed by atoms with Gasteiger partial charge in [0.2, 0.25) is 0 Å². The highest BCUT2D eigenvalue weighted by Crippen LogP contribution is 2.20. The first-order valence-electron chi connectivity index (χ1n) is 5.89. The first-order valence-corrected chi connectivity index (χ1v) is 5.89. The molecule has 0 heterocycles. The van der Waals surface area contributed by atoms with Crippen LogP contribution in [0.25, 0.3) is 0 Å². The van der Waals surface area contributed by atoms with Crippen LogP contribution in [0.1, 0.15) is 33.1 Å². The second-order valence-electron chi connectivity index (χ2n) is 5.12. The highest BCUT2D eigenvalue weighted by molar-refractivity contribution is 4.69. The number of methoxy groups -OCH3 is 1. The Morgan fingerprint density at radius 3 is 2.33 bits per heavy atom. The SMILES string of the molecule is COCCCN(C)CCCC(C)(C)CN. The number of hydrogen-bond donors (Lipinski definition) is 1. The average molecular weight is 216 g/mol. The van der Waals surface area contributed by atoms with Gasteiger partial charge in [0.1, 0.15) is 0 Å². The third-order valence-electron chi connectivity index (χ3n) is 2.83. The zero-order valence-corrected chi connectivity index (χ0v) is 10.9. The van der Waals surface area contributed by atoms with Crippen molar-refractivity contribution < 1.29 is 4.74 Å². The van der Waals surface area contributed by atoms with Crippen molar-refractivity contribution in [3.63, 3.8) is 0 Å². The Bertz CT molecular complexity index is 149. The molecule has 0 fully saturated rings. The molecule has 0 aromatic heterocycles. The highest BCUT2D eigenvalue weighted by Gasteiger charge is 2.14. The van der Waals surface area contributed by atoms with E-state index in [0.29, 0.717) is 5.41 Å². The summed E-state index contributed by atoms with van der Waals surface area (Å²) in [5.74, 6) is 0. The molecule has 0 saturated heterocycles. The lowest BCUT2D eigenvalue weighted by molar-refractivity contribution is 0.177. The van der Waals surface area contributed by atoms with E-state index < -0.39 is 0 Å². The summed E-state index contributed by atoms with van der Waals surface area (Å²) < 4.78 is 5.03. The number of rotatable bonds is 9. The van der Waals surface area contributed by atoms with Gasteiger partial charge in [0.25, 0.3) is 0 Å². The predicted molar refractivity (Wildman–Crippen MR) is 66.1 cm³/mol. The summed E-state index contributed by atoms with van der Waals surface area (Å²) in [4.78, 5) is 2.37. The van der Waals surface area contributed by atoms with E-state index in [1.165, 1.54) is 12.8 Å². The zero-order chi connectivity index (χ0) is 11.7. The number of ether oxygens (including phenoxy) is 1. The fourth-order valence-corrected chi connectivity index (χ4v) is 1.52. The molecule has 0 bridgehead atoms. The van der Waals surface area contributed by atoms with Gasteiger partial charge in [0.05, 0.1) is 0 Å². The fraction of sp³-hybridized carbons (Fsp3) is 1.00. The van der Waals surface area contributed by atoms with Crippen LogP contribution in [-0.2, 0) is 4.74 Å². The van der Waals surface area contributed by atoms with E-state index >= 15 is 0 Å². The van der Waals surface area contributed by atoms with Crippen molar-refractivity contribution in [3.05, 3.63) is 0 Å². The molecule has 0 aliphatic rings. The third-order valence-corrected chi connectivity index (χ3v) is 2.83. The van der Waals surface area contributed by atoms with Crippen LogP contribution in [0.4, 0.5) is 0 Å². The molecule has 0 aliphatic heterocycles. The van der Waals surface area contributed by atoms with Crippen LogP contribution in [0.15, 0.2) is 0 Å². The van der Waals surface area contributed by atoms with E-state index in [-0.39, 0.29) is 0 Å². The minimum Gasteiger partial charge on any atom is -0.385 e. The molecule has 3 heteroatoms. The molecule has 0 aromatic rings.